The zero-order chi connectivity index (χ0) is 35.3. The van der Waals surface area contributed by atoms with E-state index in [2.05, 4.69) is 108 Å². The summed E-state index contributed by atoms with van der Waals surface area (Å²) in [6.07, 6.45) is 29.9. The summed E-state index contributed by atoms with van der Waals surface area (Å²) in [7, 11) is 1.65. The van der Waals surface area contributed by atoms with E-state index in [1.807, 2.05) is 12.2 Å². The molecule has 1 aromatic heterocycles. The lowest BCUT2D eigenvalue weighted by Gasteiger charge is -2.20. The fourth-order valence-electron chi connectivity index (χ4n) is 5.73. The molecule has 0 saturated heterocycles. The van der Waals surface area contributed by atoms with Crippen molar-refractivity contribution in [3.8, 4) is 0 Å². The lowest BCUT2D eigenvalue weighted by Crippen LogP contribution is -2.12. The highest BCUT2D eigenvalue weighted by atomic mass is 16.6. The molecule has 1 aromatic rings. The van der Waals surface area contributed by atoms with Gasteiger partial charge in [-0.2, -0.15) is 0 Å². The van der Waals surface area contributed by atoms with Crippen molar-refractivity contribution in [1.29, 1.82) is 0 Å². The first-order chi connectivity index (χ1) is 23.3. The Kier molecular flexibility index (Phi) is 18.5. The second-order valence-corrected chi connectivity index (χ2v) is 11.5. The normalized spacial score (nSPS) is 17.1. The number of unbranched alkanes of at least 4 members (excludes halogenated alkanes) is 1. The standard InChI is InChI=1S/C42H57NO5/c1-10-16-17-18-22-35(20-11-2)42-38-29-32(7)34(13-4)23-19-24-39(38)43(40(42)21-12-3)33(8)30-37(47-26-25-45-9)31-36(14-5)46-27-28-48-41(44)15-6/h11-12,14-15,17-19,21-23,30-31,33H,2,5-6,10,13,16,20,24-29H2,1,3-4,7-9H3/b18-17-,21-12-,23-19-,34-32-,35-22+,36-31+,37-30+. The molecule has 0 bridgehead atoms. The molecule has 6 nitrogen and oxygen atoms in total. The Labute approximate surface area is 289 Å². The maximum absolute atomic E-state index is 11.4. The van der Waals surface area contributed by atoms with E-state index in [0.29, 0.717) is 24.7 Å². The van der Waals surface area contributed by atoms with Crippen LogP contribution >= 0.6 is 0 Å². The molecule has 0 spiro atoms. The first-order valence-corrected chi connectivity index (χ1v) is 17.1. The van der Waals surface area contributed by atoms with Gasteiger partial charge in [0.15, 0.2) is 0 Å². The van der Waals surface area contributed by atoms with Crippen molar-refractivity contribution in [2.75, 3.05) is 33.5 Å². The molecule has 0 aromatic carbocycles. The van der Waals surface area contributed by atoms with Gasteiger partial charge in [0, 0.05) is 42.6 Å². The van der Waals surface area contributed by atoms with Gasteiger partial charge in [-0.3, -0.25) is 0 Å². The molecule has 0 saturated carbocycles. The average molecular weight is 656 g/mol. The molecule has 260 valence electrons. The van der Waals surface area contributed by atoms with Crippen LogP contribution in [0.3, 0.4) is 0 Å². The highest BCUT2D eigenvalue weighted by molar-refractivity contribution is 5.81. The number of methoxy groups -OCH3 is 1. The van der Waals surface area contributed by atoms with Crippen LogP contribution in [0.25, 0.3) is 11.6 Å². The molecule has 1 atom stereocenters. The van der Waals surface area contributed by atoms with Gasteiger partial charge in [-0.15, -0.1) is 6.58 Å². The summed E-state index contributed by atoms with van der Waals surface area (Å²) in [6, 6.07) is -0.0875. The number of rotatable bonds is 21. The maximum atomic E-state index is 11.4. The van der Waals surface area contributed by atoms with Crippen LogP contribution in [0, 0.1) is 0 Å². The van der Waals surface area contributed by atoms with Gasteiger partial charge in [-0.1, -0.05) is 81.5 Å². The van der Waals surface area contributed by atoms with Gasteiger partial charge in [0.1, 0.15) is 31.3 Å². The predicted octanol–water partition coefficient (Wildman–Crippen LogP) is 10.1. The number of fused-ring (bicyclic) bond motifs is 1. The molecule has 1 aliphatic rings. The van der Waals surface area contributed by atoms with Crippen LogP contribution in [0.15, 0.2) is 109 Å². The van der Waals surface area contributed by atoms with Crippen molar-refractivity contribution >= 4 is 17.6 Å². The van der Waals surface area contributed by atoms with Crippen molar-refractivity contribution in [2.24, 2.45) is 0 Å². The van der Waals surface area contributed by atoms with E-state index in [0.717, 1.165) is 50.3 Å². The van der Waals surface area contributed by atoms with E-state index < -0.39 is 5.97 Å². The Balaban J connectivity index is 2.81. The number of hydrogen-bond donors (Lipinski definition) is 0. The van der Waals surface area contributed by atoms with Crippen LogP contribution in [0.1, 0.15) is 88.9 Å². The van der Waals surface area contributed by atoms with Gasteiger partial charge in [-0.05, 0) is 81.4 Å². The Bertz CT molecular complexity index is 1460. The largest absolute Gasteiger partial charge is 0.491 e. The van der Waals surface area contributed by atoms with Crippen LogP contribution < -0.4 is 0 Å². The van der Waals surface area contributed by atoms with E-state index in [1.54, 1.807) is 13.2 Å². The van der Waals surface area contributed by atoms with Crippen molar-refractivity contribution < 1.29 is 23.7 Å². The van der Waals surface area contributed by atoms with Crippen molar-refractivity contribution in [2.45, 2.75) is 79.2 Å². The molecule has 1 unspecified atom stereocenters. The van der Waals surface area contributed by atoms with Crippen LogP contribution in [0.2, 0.25) is 0 Å². The molecule has 0 fully saturated rings. The number of carbonyl (C=O) groups is 1. The fraction of sp³-hybridized carbons (Fsp3) is 0.405. The lowest BCUT2D eigenvalue weighted by molar-refractivity contribution is -0.138. The van der Waals surface area contributed by atoms with Gasteiger partial charge in [0.2, 0.25) is 0 Å². The van der Waals surface area contributed by atoms with E-state index >= 15 is 0 Å². The Morgan fingerprint density at radius 1 is 1.04 bits per heavy atom. The summed E-state index contributed by atoms with van der Waals surface area (Å²) in [4.78, 5) is 11.4. The second-order valence-electron chi connectivity index (χ2n) is 11.5. The molecule has 1 aliphatic carbocycles. The van der Waals surface area contributed by atoms with E-state index in [9.17, 15) is 4.79 Å². The van der Waals surface area contributed by atoms with Crippen LogP contribution in [-0.4, -0.2) is 44.1 Å². The first-order valence-electron chi connectivity index (χ1n) is 17.1. The Morgan fingerprint density at radius 3 is 2.42 bits per heavy atom. The monoisotopic (exact) mass is 655 g/mol. The molecule has 2 rings (SSSR count). The van der Waals surface area contributed by atoms with Crippen molar-refractivity contribution in [1.82, 2.24) is 4.57 Å². The summed E-state index contributed by atoms with van der Waals surface area (Å²) in [6.45, 7) is 23.5. The summed E-state index contributed by atoms with van der Waals surface area (Å²) in [5.74, 6) is 0.638. The number of aromatic nitrogens is 1. The third-order valence-electron chi connectivity index (χ3n) is 7.97. The molecule has 0 aliphatic heterocycles. The minimum atomic E-state index is -0.493. The number of nitrogens with zero attached hydrogens (tertiary/aromatic N) is 1. The SMILES string of the molecule is C=CC/C(=C\C=C/CCC)c1c2c(n(C(C)/C=C(\C=C(/C=C)OCCOC(=O)C=C)OCCOC)c1/C=C\C)C/C=C\C(CC)=C(\C)C2. The molecule has 0 radical (unpaired) electrons. The summed E-state index contributed by atoms with van der Waals surface area (Å²) >= 11 is 0. The zero-order valence-electron chi connectivity index (χ0n) is 30.2. The summed E-state index contributed by atoms with van der Waals surface area (Å²) in [5, 5.41) is 0. The van der Waals surface area contributed by atoms with Crippen molar-refractivity contribution in [3.05, 3.63) is 132 Å². The van der Waals surface area contributed by atoms with Crippen LogP contribution in [0.4, 0.5) is 0 Å². The molecule has 0 amide bonds. The average Bonchev–Trinajstić information content (AvgIpc) is 3.36. The maximum Gasteiger partial charge on any atom is 0.330 e. The first kappa shape index (κ1) is 39.9. The smallest absolute Gasteiger partial charge is 0.330 e. The molecular weight excluding hydrogens is 598 g/mol. The van der Waals surface area contributed by atoms with E-state index in [4.69, 9.17) is 18.9 Å². The van der Waals surface area contributed by atoms with Crippen molar-refractivity contribution in [3.63, 3.8) is 0 Å². The van der Waals surface area contributed by atoms with Crippen LogP contribution in [-0.2, 0) is 36.6 Å². The van der Waals surface area contributed by atoms with Gasteiger partial charge >= 0.3 is 5.97 Å². The van der Waals surface area contributed by atoms with E-state index in [1.165, 1.54) is 33.5 Å². The number of hydrogen-bond acceptors (Lipinski definition) is 5. The highest BCUT2D eigenvalue weighted by Crippen LogP contribution is 2.39. The quantitative estimate of drug-likeness (QED) is 0.0329. The zero-order valence-corrected chi connectivity index (χ0v) is 30.2. The third-order valence-corrected chi connectivity index (χ3v) is 7.97. The van der Waals surface area contributed by atoms with E-state index in [-0.39, 0.29) is 19.3 Å². The molecule has 0 N–H and O–H groups in total. The van der Waals surface area contributed by atoms with Crippen LogP contribution in [0.5, 0.6) is 0 Å². The molecule has 6 heteroatoms. The lowest BCUT2D eigenvalue weighted by atomic mass is 9.89. The van der Waals surface area contributed by atoms with Gasteiger partial charge in [0.25, 0.3) is 0 Å². The molecular formula is C42H57NO5. The van der Waals surface area contributed by atoms with Gasteiger partial charge < -0.3 is 23.5 Å². The second kappa shape index (κ2) is 22.3. The highest BCUT2D eigenvalue weighted by Gasteiger charge is 2.26. The topological polar surface area (TPSA) is 58.9 Å². The third kappa shape index (κ3) is 12.1. The Hall–Kier alpha value is -4.29. The number of esters is 1. The fourth-order valence-corrected chi connectivity index (χ4v) is 5.73. The molecule has 1 heterocycles. The van der Waals surface area contributed by atoms with Gasteiger partial charge in [0.05, 0.1) is 12.6 Å². The molecule has 48 heavy (non-hydrogen) atoms. The predicted molar refractivity (Wildman–Crippen MR) is 202 cm³/mol. The van der Waals surface area contributed by atoms with Gasteiger partial charge in [-0.25, -0.2) is 4.79 Å². The number of carbonyl (C=O) groups excluding carboxylic acids is 1. The Morgan fingerprint density at radius 2 is 1.77 bits per heavy atom. The minimum absolute atomic E-state index is 0.0875. The minimum Gasteiger partial charge on any atom is -0.491 e. The summed E-state index contributed by atoms with van der Waals surface area (Å²) in [5.41, 5.74) is 9.11. The number of allylic oxidation sites excluding steroid dienone is 13. The summed E-state index contributed by atoms with van der Waals surface area (Å²) < 4.78 is 24.9. The number of ether oxygens (including phenoxy) is 4.